The quantitative estimate of drug-likeness (QED) is 0.753. The molecule has 0 aromatic carbocycles. The molecule has 6 heteroatoms. The van der Waals surface area contributed by atoms with Crippen LogP contribution in [0.1, 0.15) is 58.3 Å². The van der Waals surface area contributed by atoms with Crippen molar-refractivity contribution in [3.8, 4) is 0 Å². The SMILES string of the molecule is C[C@H]1CCCCN1CCCNC(=O)C1(S(C)(=O)=O)CCCC1. The van der Waals surface area contributed by atoms with E-state index in [-0.39, 0.29) is 5.91 Å². The molecule has 1 saturated carbocycles. The molecule has 2 rings (SSSR count). The predicted octanol–water partition coefficient (Wildman–Crippen LogP) is 1.72. The smallest absolute Gasteiger partial charge is 0.241 e. The molecule has 0 aromatic heterocycles. The largest absolute Gasteiger partial charge is 0.355 e. The Bertz CT molecular complexity index is 484. The molecule has 5 nitrogen and oxygen atoms in total. The van der Waals surface area contributed by atoms with E-state index in [1.165, 1.54) is 25.5 Å². The van der Waals surface area contributed by atoms with Crippen molar-refractivity contribution < 1.29 is 13.2 Å². The van der Waals surface area contributed by atoms with E-state index >= 15 is 0 Å². The Balaban J connectivity index is 1.80. The van der Waals surface area contributed by atoms with E-state index in [0.717, 1.165) is 32.4 Å². The number of piperidine rings is 1. The Kier molecular flexibility index (Phi) is 5.88. The molecule has 0 spiro atoms. The summed E-state index contributed by atoms with van der Waals surface area (Å²) in [5.74, 6) is -0.279. The first-order chi connectivity index (χ1) is 10.4. The molecule has 1 saturated heterocycles. The highest BCUT2D eigenvalue weighted by Gasteiger charge is 2.49. The van der Waals surface area contributed by atoms with Crippen LogP contribution < -0.4 is 5.32 Å². The molecule has 2 aliphatic rings. The number of nitrogens with zero attached hydrogens (tertiary/aromatic N) is 1. The van der Waals surface area contributed by atoms with E-state index in [1.54, 1.807) is 0 Å². The fourth-order valence-electron chi connectivity index (χ4n) is 3.85. The second-order valence-electron chi connectivity index (χ2n) is 6.96. The maximum atomic E-state index is 12.4. The average Bonchev–Trinajstić information content (AvgIpc) is 2.95. The summed E-state index contributed by atoms with van der Waals surface area (Å²) in [7, 11) is -3.35. The number of sulfone groups is 1. The van der Waals surface area contributed by atoms with E-state index in [0.29, 0.717) is 25.4 Å². The molecule has 128 valence electrons. The van der Waals surface area contributed by atoms with Crippen molar-refractivity contribution in [3.63, 3.8) is 0 Å². The number of rotatable bonds is 6. The van der Waals surface area contributed by atoms with Crippen molar-refractivity contribution in [3.05, 3.63) is 0 Å². The van der Waals surface area contributed by atoms with Gasteiger partial charge in [0.15, 0.2) is 9.84 Å². The van der Waals surface area contributed by atoms with Crippen LogP contribution in [0.25, 0.3) is 0 Å². The number of hydrogen-bond acceptors (Lipinski definition) is 4. The zero-order valence-corrected chi connectivity index (χ0v) is 14.8. The monoisotopic (exact) mass is 330 g/mol. The lowest BCUT2D eigenvalue weighted by Crippen LogP contribution is -2.50. The summed E-state index contributed by atoms with van der Waals surface area (Å²) in [6.07, 6.45) is 8.51. The Hall–Kier alpha value is -0.620. The van der Waals surface area contributed by atoms with Crippen molar-refractivity contribution in [2.45, 2.75) is 69.1 Å². The molecule has 0 bridgehead atoms. The summed E-state index contributed by atoms with van der Waals surface area (Å²) in [6.45, 7) is 4.95. The zero-order valence-electron chi connectivity index (χ0n) is 13.9. The van der Waals surface area contributed by atoms with Gasteiger partial charge in [0, 0.05) is 25.4 Å². The first kappa shape index (κ1) is 17.7. The highest BCUT2D eigenvalue weighted by atomic mass is 32.2. The van der Waals surface area contributed by atoms with Gasteiger partial charge < -0.3 is 10.2 Å². The first-order valence-electron chi connectivity index (χ1n) is 8.59. The van der Waals surface area contributed by atoms with Crippen molar-refractivity contribution in [2.24, 2.45) is 0 Å². The van der Waals surface area contributed by atoms with Gasteiger partial charge in [-0.05, 0) is 45.6 Å². The summed E-state index contributed by atoms with van der Waals surface area (Å²) in [5, 5.41) is 2.88. The molecule has 2 fully saturated rings. The highest BCUT2D eigenvalue weighted by molar-refractivity contribution is 7.92. The fourth-order valence-corrected chi connectivity index (χ4v) is 5.29. The zero-order chi connectivity index (χ0) is 16.2. The number of nitrogens with one attached hydrogen (secondary N) is 1. The van der Waals surface area contributed by atoms with E-state index in [9.17, 15) is 13.2 Å². The second kappa shape index (κ2) is 7.30. The van der Waals surface area contributed by atoms with Gasteiger partial charge in [-0.3, -0.25) is 4.79 Å². The summed E-state index contributed by atoms with van der Waals surface area (Å²) in [5.41, 5.74) is 0. The van der Waals surface area contributed by atoms with Gasteiger partial charge in [0.1, 0.15) is 4.75 Å². The van der Waals surface area contributed by atoms with Gasteiger partial charge in [-0.15, -0.1) is 0 Å². The molecule has 1 atom stereocenters. The second-order valence-corrected chi connectivity index (χ2v) is 9.29. The average molecular weight is 330 g/mol. The van der Waals surface area contributed by atoms with Crippen LogP contribution in [-0.4, -0.2) is 55.9 Å². The molecule has 0 unspecified atom stereocenters. The van der Waals surface area contributed by atoms with Gasteiger partial charge in [0.2, 0.25) is 5.91 Å². The van der Waals surface area contributed by atoms with Crippen LogP contribution in [0.5, 0.6) is 0 Å². The van der Waals surface area contributed by atoms with Crippen LogP contribution in [0.15, 0.2) is 0 Å². The number of amides is 1. The van der Waals surface area contributed by atoms with Gasteiger partial charge in [0.05, 0.1) is 0 Å². The summed E-state index contributed by atoms with van der Waals surface area (Å²) < 4.78 is 22.9. The maximum absolute atomic E-state index is 12.4. The molecule has 1 heterocycles. The van der Waals surface area contributed by atoms with Crippen LogP contribution in [0, 0.1) is 0 Å². The third-order valence-electron chi connectivity index (χ3n) is 5.38. The van der Waals surface area contributed by atoms with E-state index in [2.05, 4.69) is 17.1 Å². The molecule has 1 N–H and O–H groups in total. The van der Waals surface area contributed by atoms with E-state index in [1.807, 2.05) is 0 Å². The van der Waals surface area contributed by atoms with Crippen LogP contribution in [0.3, 0.4) is 0 Å². The lowest BCUT2D eigenvalue weighted by Gasteiger charge is -2.33. The van der Waals surface area contributed by atoms with Crippen molar-refractivity contribution >= 4 is 15.7 Å². The summed E-state index contributed by atoms with van der Waals surface area (Å²) in [4.78, 5) is 14.9. The van der Waals surface area contributed by atoms with Crippen LogP contribution in [-0.2, 0) is 14.6 Å². The first-order valence-corrected chi connectivity index (χ1v) is 10.5. The molecule has 1 amide bonds. The molecule has 0 radical (unpaired) electrons. The minimum Gasteiger partial charge on any atom is -0.355 e. The number of carbonyl (C=O) groups is 1. The lowest BCUT2D eigenvalue weighted by molar-refractivity contribution is -0.123. The molecule has 22 heavy (non-hydrogen) atoms. The minimum absolute atomic E-state index is 0.279. The van der Waals surface area contributed by atoms with Gasteiger partial charge in [-0.25, -0.2) is 8.42 Å². The Labute approximate surface area is 134 Å². The third-order valence-corrected chi connectivity index (χ3v) is 7.40. The predicted molar refractivity (Wildman–Crippen MR) is 88.6 cm³/mol. The van der Waals surface area contributed by atoms with Gasteiger partial charge in [0.25, 0.3) is 0 Å². The third kappa shape index (κ3) is 3.82. The van der Waals surface area contributed by atoms with Crippen molar-refractivity contribution in [2.75, 3.05) is 25.9 Å². The molecule has 0 aromatic rings. The topological polar surface area (TPSA) is 66.5 Å². The lowest BCUT2D eigenvalue weighted by atomic mass is 10.0. The van der Waals surface area contributed by atoms with Gasteiger partial charge in [-0.1, -0.05) is 19.3 Å². The summed E-state index contributed by atoms with van der Waals surface area (Å²) in [6, 6.07) is 0.627. The Morgan fingerprint density at radius 1 is 1.23 bits per heavy atom. The highest BCUT2D eigenvalue weighted by Crippen LogP contribution is 2.36. The van der Waals surface area contributed by atoms with E-state index < -0.39 is 14.6 Å². The molecular weight excluding hydrogens is 300 g/mol. The molecule has 1 aliphatic carbocycles. The normalized spacial score (nSPS) is 26.0. The van der Waals surface area contributed by atoms with Crippen LogP contribution in [0.4, 0.5) is 0 Å². The minimum atomic E-state index is -3.35. The molecule has 1 aliphatic heterocycles. The van der Waals surface area contributed by atoms with Gasteiger partial charge in [-0.2, -0.15) is 0 Å². The Morgan fingerprint density at radius 3 is 2.50 bits per heavy atom. The number of carbonyl (C=O) groups excluding carboxylic acids is 1. The van der Waals surface area contributed by atoms with Gasteiger partial charge >= 0.3 is 0 Å². The Morgan fingerprint density at radius 2 is 1.91 bits per heavy atom. The number of likely N-dealkylation sites (tertiary alicyclic amines) is 1. The number of hydrogen-bond donors (Lipinski definition) is 1. The maximum Gasteiger partial charge on any atom is 0.241 e. The van der Waals surface area contributed by atoms with Crippen molar-refractivity contribution in [1.29, 1.82) is 0 Å². The van der Waals surface area contributed by atoms with E-state index in [4.69, 9.17) is 0 Å². The standard InChI is InChI=1S/C16H30N2O3S/c1-14-8-3-6-12-18(14)13-7-11-17-15(19)16(22(2,20)21)9-4-5-10-16/h14H,3-13H2,1-2H3,(H,17,19)/t14-/m0/s1. The van der Waals surface area contributed by atoms with Crippen LogP contribution in [0.2, 0.25) is 0 Å². The van der Waals surface area contributed by atoms with Crippen LogP contribution >= 0.6 is 0 Å². The van der Waals surface area contributed by atoms with Crippen molar-refractivity contribution in [1.82, 2.24) is 10.2 Å². The molecular formula is C16H30N2O3S. The fraction of sp³-hybridized carbons (Fsp3) is 0.938. The summed E-state index contributed by atoms with van der Waals surface area (Å²) >= 11 is 0.